The van der Waals surface area contributed by atoms with Crippen molar-refractivity contribution in [3.63, 3.8) is 0 Å². The summed E-state index contributed by atoms with van der Waals surface area (Å²) >= 11 is 0. The minimum absolute atomic E-state index is 0.0541. The lowest BCUT2D eigenvalue weighted by Crippen LogP contribution is -2.45. The van der Waals surface area contributed by atoms with Gasteiger partial charge < -0.3 is 14.8 Å². The number of hydrogen-bond acceptors (Lipinski definition) is 5. The van der Waals surface area contributed by atoms with Crippen LogP contribution >= 0.6 is 0 Å². The minimum atomic E-state index is -3.40. The van der Waals surface area contributed by atoms with E-state index in [1.807, 2.05) is 18.2 Å². The number of sulfonamides is 1. The molecule has 0 unspecified atom stereocenters. The third-order valence-corrected chi connectivity index (χ3v) is 5.92. The smallest absolute Gasteiger partial charge is 0.235 e. The highest BCUT2D eigenvalue weighted by molar-refractivity contribution is 7.88. The second-order valence-corrected chi connectivity index (χ2v) is 8.47. The van der Waals surface area contributed by atoms with Gasteiger partial charge in [-0.25, -0.2) is 8.42 Å². The predicted molar refractivity (Wildman–Crippen MR) is 100 cm³/mol. The van der Waals surface area contributed by atoms with Crippen LogP contribution in [0.3, 0.4) is 0 Å². The van der Waals surface area contributed by atoms with Crippen LogP contribution < -0.4 is 14.8 Å². The Labute approximate surface area is 155 Å². The van der Waals surface area contributed by atoms with Crippen molar-refractivity contribution >= 4 is 15.9 Å². The fraction of sp³-hybridized carbons (Fsp3) is 0.611. The average molecular weight is 384 g/mol. The molecule has 26 heavy (non-hydrogen) atoms. The van der Waals surface area contributed by atoms with Crippen LogP contribution in [-0.2, 0) is 21.2 Å². The molecule has 1 saturated carbocycles. The summed E-state index contributed by atoms with van der Waals surface area (Å²) in [6.07, 6.45) is 5.46. The molecular weight excluding hydrogens is 356 g/mol. The van der Waals surface area contributed by atoms with Crippen molar-refractivity contribution in [1.82, 2.24) is 9.62 Å². The van der Waals surface area contributed by atoms with Crippen LogP contribution in [0.5, 0.6) is 11.5 Å². The highest BCUT2D eigenvalue weighted by atomic mass is 32.2. The SMILES string of the molecule is COc1ccc(CCNC(=O)CN(C2CCCC2)S(C)(=O)=O)cc1OC. The zero-order valence-electron chi connectivity index (χ0n) is 15.7. The summed E-state index contributed by atoms with van der Waals surface area (Å²) in [6, 6.07) is 5.55. The predicted octanol–water partition coefficient (Wildman–Crippen LogP) is 1.57. The Balaban J connectivity index is 1.87. The van der Waals surface area contributed by atoms with Crippen LogP contribution in [0.1, 0.15) is 31.2 Å². The number of hydrogen-bond donors (Lipinski definition) is 1. The van der Waals surface area contributed by atoms with Crippen LogP contribution in [-0.4, -0.2) is 58.2 Å². The van der Waals surface area contributed by atoms with E-state index in [-0.39, 0.29) is 18.5 Å². The van der Waals surface area contributed by atoms with Crippen LogP contribution in [0.2, 0.25) is 0 Å². The zero-order valence-corrected chi connectivity index (χ0v) is 16.5. The Hall–Kier alpha value is -1.80. The molecular formula is C18H28N2O5S. The van der Waals surface area contributed by atoms with Gasteiger partial charge in [0.15, 0.2) is 11.5 Å². The summed E-state index contributed by atoms with van der Waals surface area (Å²) < 4.78 is 35.8. The Morgan fingerprint density at radius 3 is 2.42 bits per heavy atom. The quantitative estimate of drug-likeness (QED) is 0.698. The zero-order chi connectivity index (χ0) is 19.2. The number of amides is 1. The third kappa shape index (κ3) is 5.60. The molecule has 146 valence electrons. The summed E-state index contributed by atoms with van der Waals surface area (Å²) in [4.78, 5) is 12.2. The molecule has 1 aromatic rings. The molecule has 0 spiro atoms. The van der Waals surface area contributed by atoms with Crippen molar-refractivity contribution in [2.45, 2.75) is 38.1 Å². The number of carbonyl (C=O) groups is 1. The van der Waals surface area contributed by atoms with Crippen molar-refractivity contribution in [1.29, 1.82) is 0 Å². The molecule has 1 amide bonds. The van der Waals surface area contributed by atoms with Crippen molar-refractivity contribution in [3.8, 4) is 11.5 Å². The monoisotopic (exact) mass is 384 g/mol. The van der Waals surface area contributed by atoms with Crippen molar-refractivity contribution in [3.05, 3.63) is 23.8 Å². The minimum Gasteiger partial charge on any atom is -0.493 e. The molecule has 8 heteroatoms. The first-order chi connectivity index (χ1) is 12.3. The van der Waals surface area contributed by atoms with Gasteiger partial charge in [0.1, 0.15) is 0 Å². The van der Waals surface area contributed by atoms with Gasteiger partial charge in [0, 0.05) is 12.6 Å². The number of rotatable bonds is 9. The Morgan fingerprint density at radius 2 is 1.85 bits per heavy atom. The Kier molecular flexibility index (Phi) is 7.28. The molecule has 1 N–H and O–H groups in total. The number of benzene rings is 1. The second-order valence-electron chi connectivity index (χ2n) is 6.54. The molecule has 0 heterocycles. The molecule has 1 aliphatic carbocycles. The van der Waals surface area contributed by atoms with Gasteiger partial charge in [-0.2, -0.15) is 4.31 Å². The molecule has 0 aliphatic heterocycles. The average Bonchev–Trinajstić information content (AvgIpc) is 3.12. The molecule has 0 saturated heterocycles. The van der Waals surface area contributed by atoms with E-state index in [9.17, 15) is 13.2 Å². The first-order valence-corrected chi connectivity index (χ1v) is 10.6. The van der Waals surface area contributed by atoms with E-state index in [1.54, 1.807) is 14.2 Å². The fourth-order valence-electron chi connectivity index (χ4n) is 3.29. The van der Waals surface area contributed by atoms with E-state index in [4.69, 9.17) is 9.47 Å². The highest BCUT2D eigenvalue weighted by Gasteiger charge is 2.30. The van der Waals surface area contributed by atoms with Gasteiger partial charge in [-0.15, -0.1) is 0 Å². The summed E-state index contributed by atoms with van der Waals surface area (Å²) in [7, 11) is -0.241. The molecule has 0 radical (unpaired) electrons. The van der Waals surface area contributed by atoms with E-state index >= 15 is 0 Å². The van der Waals surface area contributed by atoms with Crippen LogP contribution in [0, 0.1) is 0 Å². The van der Waals surface area contributed by atoms with E-state index in [1.165, 1.54) is 10.6 Å². The first-order valence-electron chi connectivity index (χ1n) is 8.79. The lowest BCUT2D eigenvalue weighted by molar-refractivity contribution is -0.121. The summed E-state index contributed by atoms with van der Waals surface area (Å²) in [5.41, 5.74) is 0.999. The molecule has 0 atom stereocenters. The lowest BCUT2D eigenvalue weighted by Gasteiger charge is -2.25. The number of methoxy groups -OCH3 is 2. The van der Waals surface area contributed by atoms with Gasteiger partial charge in [-0.1, -0.05) is 18.9 Å². The molecule has 1 aliphatic rings. The standard InChI is InChI=1S/C18H28N2O5S/c1-24-16-9-8-14(12-17(16)25-2)10-11-19-18(21)13-20(26(3,22)23)15-6-4-5-7-15/h8-9,12,15H,4-7,10-11,13H2,1-3H3,(H,19,21). The van der Waals surface area contributed by atoms with Gasteiger partial charge in [-0.3, -0.25) is 4.79 Å². The largest absolute Gasteiger partial charge is 0.493 e. The number of nitrogens with one attached hydrogen (secondary N) is 1. The third-order valence-electron chi connectivity index (χ3n) is 4.64. The molecule has 7 nitrogen and oxygen atoms in total. The maximum atomic E-state index is 12.2. The summed E-state index contributed by atoms with van der Waals surface area (Å²) in [5, 5.41) is 2.81. The van der Waals surface area contributed by atoms with Crippen molar-refractivity contribution in [2.75, 3.05) is 33.6 Å². The molecule has 0 aromatic heterocycles. The van der Waals surface area contributed by atoms with E-state index in [2.05, 4.69) is 5.32 Å². The van der Waals surface area contributed by atoms with Crippen LogP contribution in [0.15, 0.2) is 18.2 Å². The normalized spacial score (nSPS) is 15.2. The fourth-order valence-corrected chi connectivity index (χ4v) is 4.39. The van der Waals surface area contributed by atoms with Crippen LogP contribution in [0.4, 0.5) is 0 Å². The molecule has 2 rings (SSSR count). The van der Waals surface area contributed by atoms with Crippen LogP contribution in [0.25, 0.3) is 0 Å². The van der Waals surface area contributed by atoms with E-state index in [0.29, 0.717) is 24.5 Å². The second kappa shape index (κ2) is 9.23. The van der Waals surface area contributed by atoms with Gasteiger partial charge in [0.2, 0.25) is 15.9 Å². The van der Waals surface area contributed by atoms with Gasteiger partial charge in [-0.05, 0) is 37.0 Å². The maximum Gasteiger partial charge on any atom is 0.235 e. The molecule has 0 bridgehead atoms. The van der Waals surface area contributed by atoms with E-state index in [0.717, 1.165) is 31.2 Å². The Morgan fingerprint density at radius 1 is 1.19 bits per heavy atom. The topological polar surface area (TPSA) is 84.9 Å². The summed E-state index contributed by atoms with van der Waals surface area (Å²) in [6.45, 7) is 0.312. The highest BCUT2D eigenvalue weighted by Crippen LogP contribution is 2.27. The summed E-state index contributed by atoms with van der Waals surface area (Å²) in [5.74, 6) is 1.02. The van der Waals surface area contributed by atoms with Crippen molar-refractivity contribution in [2.24, 2.45) is 0 Å². The van der Waals surface area contributed by atoms with E-state index < -0.39 is 10.0 Å². The number of carbonyl (C=O) groups excluding carboxylic acids is 1. The number of ether oxygens (including phenoxy) is 2. The Bertz CT molecular complexity index is 714. The maximum absolute atomic E-state index is 12.2. The molecule has 1 aromatic carbocycles. The van der Waals surface area contributed by atoms with Gasteiger partial charge in [0.25, 0.3) is 0 Å². The molecule has 1 fully saturated rings. The first kappa shape index (κ1) is 20.5. The van der Waals surface area contributed by atoms with Gasteiger partial charge in [0.05, 0.1) is 27.0 Å². The lowest BCUT2D eigenvalue weighted by atomic mass is 10.1. The van der Waals surface area contributed by atoms with Crippen molar-refractivity contribution < 1.29 is 22.7 Å². The number of nitrogens with zero attached hydrogens (tertiary/aromatic N) is 1. The van der Waals surface area contributed by atoms with Gasteiger partial charge >= 0.3 is 0 Å².